The number of hydrogen-bond acceptors (Lipinski definition) is 9. The zero-order valence-electron chi connectivity index (χ0n) is 24.8. The van der Waals surface area contributed by atoms with E-state index in [0.717, 1.165) is 61.9 Å². The predicted molar refractivity (Wildman–Crippen MR) is 167 cm³/mol. The van der Waals surface area contributed by atoms with E-state index in [2.05, 4.69) is 81.8 Å². The van der Waals surface area contributed by atoms with Gasteiger partial charge in [-0.25, -0.2) is 9.98 Å². The predicted octanol–water partition coefficient (Wildman–Crippen LogP) is 5.54. The highest BCUT2D eigenvalue weighted by Crippen LogP contribution is 2.29. The number of amides is 1. The van der Waals surface area contributed by atoms with Gasteiger partial charge in [0.15, 0.2) is 0 Å². The molecule has 3 atom stereocenters. The van der Waals surface area contributed by atoms with Crippen LogP contribution in [0, 0.1) is 4.91 Å². The molecule has 2 saturated heterocycles. The minimum absolute atomic E-state index is 0.105. The van der Waals surface area contributed by atoms with Crippen molar-refractivity contribution in [2.75, 3.05) is 31.1 Å². The van der Waals surface area contributed by atoms with E-state index in [9.17, 15) is 9.70 Å². The first kappa shape index (κ1) is 29.8. The van der Waals surface area contributed by atoms with Gasteiger partial charge in [-0.15, -0.1) is 4.91 Å². The Bertz CT molecular complexity index is 1410. The highest BCUT2D eigenvalue weighted by atomic mass is 35.5. The number of rotatable bonds is 5. The number of hydrogen-bond donors (Lipinski definition) is 0. The second-order valence-electron chi connectivity index (χ2n) is 11.7. The third-order valence-electron chi connectivity index (χ3n) is 8.33. The van der Waals surface area contributed by atoms with Crippen LogP contribution in [0.4, 0.5) is 5.82 Å². The molecule has 0 N–H and O–H groups in total. The average molecular weight is 591 g/mol. The summed E-state index contributed by atoms with van der Waals surface area (Å²) in [4.78, 5) is 48.4. The number of halogens is 1. The fourth-order valence-electron chi connectivity index (χ4n) is 5.81. The second-order valence-corrected chi connectivity index (χ2v) is 12.1. The quantitative estimate of drug-likeness (QED) is 0.421. The highest BCUT2D eigenvalue weighted by Gasteiger charge is 2.29. The second kappa shape index (κ2) is 13.1. The maximum Gasteiger partial charge on any atom is 0.290 e. The maximum absolute atomic E-state index is 11.4. The number of pyridine rings is 2. The minimum atomic E-state index is -0.741. The van der Waals surface area contributed by atoms with E-state index in [-0.39, 0.29) is 18.5 Å². The molecule has 0 spiro atoms. The van der Waals surface area contributed by atoms with Crippen LogP contribution in [-0.4, -0.2) is 75.7 Å². The van der Waals surface area contributed by atoms with Crippen LogP contribution in [0.2, 0.25) is 5.02 Å². The van der Waals surface area contributed by atoms with Crippen molar-refractivity contribution in [1.29, 1.82) is 0 Å². The van der Waals surface area contributed by atoms with Crippen LogP contribution < -0.4 is 4.90 Å². The average Bonchev–Trinajstić information content (AvgIpc) is 3.17. The van der Waals surface area contributed by atoms with E-state index in [4.69, 9.17) is 21.6 Å². The van der Waals surface area contributed by atoms with E-state index in [1.807, 2.05) is 6.20 Å². The van der Waals surface area contributed by atoms with Crippen molar-refractivity contribution in [3.05, 3.63) is 69.5 Å². The molecule has 0 aromatic carbocycles. The lowest BCUT2D eigenvalue weighted by Gasteiger charge is -2.30. The molecule has 0 bridgehead atoms. The summed E-state index contributed by atoms with van der Waals surface area (Å²) in [7, 11) is 0. The molecule has 11 heteroatoms. The van der Waals surface area contributed by atoms with E-state index < -0.39 is 5.91 Å². The summed E-state index contributed by atoms with van der Waals surface area (Å²) in [6.45, 7) is 12.0. The standard InChI is InChI=1S/C31H39ClN8O2/c1-20(2)27-18-24(9-11-33-27)26-7-8-28(36-31(35-26)40-12-5-6-21(40)3)39-15-14-38(13-10-22(39)4)30-25(32)16-23(19-34-30)17-29(41)37-42/h7-9,11,16,18-22,26H,5-6,10,12-15,17H2,1-4H3/t21-,22?,26?/m0/s1. The van der Waals surface area contributed by atoms with Crippen LogP contribution in [-0.2, 0) is 11.2 Å². The molecule has 0 aliphatic carbocycles. The summed E-state index contributed by atoms with van der Waals surface area (Å²) in [5.74, 6) is 1.98. The van der Waals surface area contributed by atoms with Crippen LogP contribution in [0.1, 0.15) is 75.7 Å². The first-order valence-corrected chi connectivity index (χ1v) is 15.2. The monoisotopic (exact) mass is 590 g/mol. The maximum atomic E-state index is 11.4. The fourth-order valence-corrected chi connectivity index (χ4v) is 6.12. The molecule has 3 aliphatic heterocycles. The summed E-state index contributed by atoms with van der Waals surface area (Å²) in [6, 6.07) is 6.40. The zero-order chi connectivity index (χ0) is 29.8. The minimum Gasteiger partial charge on any atom is -0.354 e. The molecular weight excluding hydrogens is 552 g/mol. The number of guanidine groups is 1. The number of carbonyl (C=O) groups is 1. The van der Waals surface area contributed by atoms with Gasteiger partial charge in [-0.2, -0.15) is 4.99 Å². The van der Waals surface area contributed by atoms with Gasteiger partial charge >= 0.3 is 0 Å². The van der Waals surface area contributed by atoms with E-state index in [1.165, 1.54) is 0 Å². The number of aliphatic imine (C=N–C) groups is 2. The molecule has 5 heterocycles. The Morgan fingerprint density at radius 1 is 1.07 bits per heavy atom. The van der Waals surface area contributed by atoms with Gasteiger partial charge in [0.2, 0.25) is 5.96 Å². The first-order valence-electron chi connectivity index (χ1n) is 14.8. The summed E-state index contributed by atoms with van der Waals surface area (Å²) in [5, 5.41) is 2.92. The zero-order valence-corrected chi connectivity index (χ0v) is 25.5. The van der Waals surface area contributed by atoms with Gasteiger partial charge in [-0.05, 0) is 74.4 Å². The molecule has 10 nitrogen and oxygen atoms in total. The number of likely N-dealkylation sites (tertiary alicyclic amines) is 1. The van der Waals surface area contributed by atoms with E-state index in [1.54, 1.807) is 12.3 Å². The lowest BCUT2D eigenvalue weighted by atomic mass is 10.0. The summed E-state index contributed by atoms with van der Waals surface area (Å²) in [6.07, 6.45) is 10.8. The Balaban J connectivity index is 1.40. The van der Waals surface area contributed by atoms with Gasteiger partial charge < -0.3 is 14.7 Å². The normalized spacial score (nSPS) is 23.0. The molecule has 0 saturated carbocycles. The van der Waals surface area contributed by atoms with E-state index >= 15 is 0 Å². The van der Waals surface area contributed by atoms with Crippen LogP contribution in [0.3, 0.4) is 0 Å². The third kappa shape index (κ3) is 6.69. The molecule has 0 radical (unpaired) electrons. The molecule has 1 amide bonds. The van der Waals surface area contributed by atoms with Crippen molar-refractivity contribution >= 4 is 35.1 Å². The number of nitroso groups, excluding NO2 is 1. The van der Waals surface area contributed by atoms with Crippen molar-refractivity contribution in [3.8, 4) is 0 Å². The molecule has 2 fully saturated rings. The highest BCUT2D eigenvalue weighted by molar-refractivity contribution is 6.33. The Labute approximate surface area is 252 Å². The fraction of sp³-hybridized carbons (Fsp3) is 0.516. The number of amidine groups is 1. The lowest BCUT2D eigenvalue weighted by molar-refractivity contribution is -0.117. The number of nitrogens with zero attached hydrogens (tertiary/aromatic N) is 8. The molecular formula is C31H39ClN8O2. The SMILES string of the molecule is CC(C)c1cc(C2C=CC(N3CCN(c4ncc(CC(=O)N=O)cc4Cl)CCC3C)=NC(N3CCC[C@@H]3C)=N2)ccn1. The summed E-state index contributed by atoms with van der Waals surface area (Å²) >= 11 is 6.60. The van der Waals surface area contributed by atoms with Crippen LogP contribution >= 0.6 is 11.6 Å². The molecule has 42 heavy (non-hydrogen) atoms. The van der Waals surface area contributed by atoms with Crippen LogP contribution in [0.15, 0.2) is 57.9 Å². The van der Waals surface area contributed by atoms with Crippen LogP contribution in [0.25, 0.3) is 0 Å². The molecule has 222 valence electrons. The first-order chi connectivity index (χ1) is 20.2. The van der Waals surface area contributed by atoms with Gasteiger partial charge in [0.05, 0.1) is 17.5 Å². The van der Waals surface area contributed by atoms with Crippen molar-refractivity contribution in [3.63, 3.8) is 0 Å². The van der Waals surface area contributed by atoms with Crippen molar-refractivity contribution < 1.29 is 4.79 Å². The van der Waals surface area contributed by atoms with Gasteiger partial charge in [-0.3, -0.25) is 9.78 Å². The number of carbonyl (C=O) groups excluding carboxylic acids is 1. The largest absolute Gasteiger partial charge is 0.354 e. The number of anilines is 1. The topological polar surface area (TPSA) is 107 Å². The Morgan fingerprint density at radius 3 is 2.60 bits per heavy atom. The van der Waals surface area contributed by atoms with Gasteiger partial charge in [0, 0.05) is 61.5 Å². The molecule has 2 aromatic rings. The molecule has 3 aliphatic rings. The van der Waals surface area contributed by atoms with Gasteiger partial charge in [0.1, 0.15) is 11.7 Å². The van der Waals surface area contributed by atoms with E-state index in [0.29, 0.717) is 34.9 Å². The number of aromatic nitrogens is 2. The molecule has 2 unspecified atom stereocenters. The summed E-state index contributed by atoms with van der Waals surface area (Å²) < 4.78 is 0. The third-order valence-corrected chi connectivity index (χ3v) is 8.61. The summed E-state index contributed by atoms with van der Waals surface area (Å²) in [5.41, 5.74) is 2.75. The molecule has 2 aromatic heterocycles. The van der Waals surface area contributed by atoms with Gasteiger partial charge in [0.25, 0.3) is 5.91 Å². The Kier molecular flexibility index (Phi) is 9.30. The van der Waals surface area contributed by atoms with Crippen molar-refractivity contribution in [2.45, 2.75) is 77.4 Å². The smallest absolute Gasteiger partial charge is 0.290 e. The van der Waals surface area contributed by atoms with Crippen LogP contribution in [0.5, 0.6) is 0 Å². The van der Waals surface area contributed by atoms with Crippen molar-refractivity contribution in [1.82, 2.24) is 19.8 Å². The Hall–Kier alpha value is -3.66. The van der Waals surface area contributed by atoms with Gasteiger partial charge in [-0.1, -0.05) is 31.5 Å². The lowest BCUT2D eigenvalue weighted by Crippen LogP contribution is -2.41. The molecule has 5 rings (SSSR count). The van der Waals surface area contributed by atoms with Crippen molar-refractivity contribution in [2.24, 2.45) is 15.2 Å². The Morgan fingerprint density at radius 2 is 1.88 bits per heavy atom.